The average molecular weight is 302 g/mol. The first-order valence-corrected chi connectivity index (χ1v) is 7.70. The van der Waals surface area contributed by atoms with Gasteiger partial charge in [0.15, 0.2) is 0 Å². The standard InChI is InChI=1S/C17H22N2O3/c1-12(16-9-13-5-3-4-6-15(13)22-16)19(2)17(20)10-14-11-21-8-7-18-14/h3-6,9,12,14,18H,7-8,10-11H2,1-2H3. The summed E-state index contributed by atoms with van der Waals surface area (Å²) < 4.78 is 11.3. The summed E-state index contributed by atoms with van der Waals surface area (Å²) in [5.74, 6) is 0.904. The lowest BCUT2D eigenvalue weighted by molar-refractivity contribution is -0.133. The molecule has 22 heavy (non-hydrogen) atoms. The highest BCUT2D eigenvalue weighted by atomic mass is 16.5. The van der Waals surface area contributed by atoms with Gasteiger partial charge < -0.3 is 19.4 Å². The lowest BCUT2D eigenvalue weighted by Gasteiger charge is -2.28. The number of ether oxygens (including phenoxy) is 1. The van der Waals surface area contributed by atoms with E-state index >= 15 is 0 Å². The molecule has 1 aliphatic rings. The highest BCUT2D eigenvalue weighted by Gasteiger charge is 2.24. The van der Waals surface area contributed by atoms with Crippen molar-refractivity contribution in [2.24, 2.45) is 0 Å². The van der Waals surface area contributed by atoms with Gasteiger partial charge in [0, 0.05) is 31.4 Å². The van der Waals surface area contributed by atoms with E-state index < -0.39 is 0 Å². The molecule has 118 valence electrons. The third-order valence-electron chi connectivity index (χ3n) is 4.25. The number of carbonyl (C=O) groups excluding carboxylic acids is 1. The van der Waals surface area contributed by atoms with Gasteiger partial charge in [-0.05, 0) is 19.1 Å². The number of nitrogens with zero attached hydrogens (tertiary/aromatic N) is 1. The van der Waals surface area contributed by atoms with Crippen LogP contribution in [0.3, 0.4) is 0 Å². The SMILES string of the molecule is CC(c1cc2ccccc2o1)N(C)C(=O)CC1COCCN1. The fourth-order valence-corrected chi connectivity index (χ4v) is 2.72. The van der Waals surface area contributed by atoms with Gasteiger partial charge in [-0.25, -0.2) is 0 Å². The normalized spacial score (nSPS) is 20.0. The van der Waals surface area contributed by atoms with Gasteiger partial charge >= 0.3 is 0 Å². The Hall–Kier alpha value is -1.85. The average Bonchev–Trinajstić information content (AvgIpc) is 2.98. The summed E-state index contributed by atoms with van der Waals surface area (Å²) in [7, 11) is 1.82. The van der Waals surface area contributed by atoms with Gasteiger partial charge in [0.05, 0.1) is 19.3 Å². The predicted octanol–water partition coefficient (Wildman–Crippen LogP) is 2.33. The van der Waals surface area contributed by atoms with Crippen LogP contribution in [0.25, 0.3) is 11.0 Å². The van der Waals surface area contributed by atoms with Crippen LogP contribution in [-0.4, -0.2) is 43.7 Å². The lowest BCUT2D eigenvalue weighted by atomic mass is 10.1. The molecular weight excluding hydrogens is 280 g/mol. The maximum absolute atomic E-state index is 12.4. The molecule has 2 heterocycles. The number of hydrogen-bond acceptors (Lipinski definition) is 4. The Morgan fingerprint density at radius 3 is 3.00 bits per heavy atom. The van der Waals surface area contributed by atoms with E-state index in [4.69, 9.17) is 9.15 Å². The predicted molar refractivity (Wildman–Crippen MR) is 84.6 cm³/mol. The summed E-state index contributed by atoms with van der Waals surface area (Å²) in [4.78, 5) is 14.2. The quantitative estimate of drug-likeness (QED) is 0.942. The van der Waals surface area contributed by atoms with Crippen LogP contribution < -0.4 is 5.32 Å². The number of furan rings is 1. The number of amides is 1. The van der Waals surface area contributed by atoms with E-state index in [1.165, 1.54) is 0 Å². The third-order valence-corrected chi connectivity index (χ3v) is 4.25. The van der Waals surface area contributed by atoms with Gasteiger partial charge in [-0.3, -0.25) is 4.79 Å². The zero-order chi connectivity index (χ0) is 15.5. The van der Waals surface area contributed by atoms with E-state index in [1.807, 2.05) is 44.3 Å². The minimum absolute atomic E-state index is 0.0931. The molecule has 1 aromatic heterocycles. The summed E-state index contributed by atoms with van der Waals surface area (Å²) in [5.41, 5.74) is 0.854. The largest absolute Gasteiger partial charge is 0.459 e. The van der Waals surface area contributed by atoms with Crippen LogP contribution in [0.1, 0.15) is 25.1 Å². The minimum Gasteiger partial charge on any atom is -0.459 e. The summed E-state index contributed by atoms with van der Waals surface area (Å²) in [5, 5.41) is 4.37. The molecule has 3 rings (SSSR count). The molecule has 1 fully saturated rings. The maximum Gasteiger partial charge on any atom is 0.224 e. The summed E-state index contributed by atoms with van der Waals surface area (Å²) in [6.45, 7) is 4.11. The molecular formula is C17H22N2O3. The topological polar surface area (TPSA) is 54.7 Å². The number of fused-ring (bicyclic) bond motifs is 1. The van der Waals surface area contributed by atoms with Crippen molar-refractivity contribution >= 4 is 16.9 Å². The second-order valence-electron chi connectivity index (χ2n) is 5.80. The second kappa shape index (κ2) is 6.50. The second-order valence-corrected chi connectivity index (χ2v) is 5.80. The number of hydrogen-bond donors (Lipinski definition) is 1. The molecule has 5 heteroatoms. The van der Waals surface area contributed by atoms with Crippen LogP contribution in [0.4, 0.5) is 0 Å². The van der Waals surface area contributed by atoms with Crippen molar-refractivity contribution in [3.05, 3.63) is 36.1 Å². The molecule has 2 aromatic rings. The highest BCUT2D eigenvalue weighted by molar-refractivity contribution is 5.79. The van der Waals surface area contributed by atoms with Crippen molar-refractivity contribution in [1.82, 2.24) is 10.2 Å². The van der Waals surface area contributed by atoms with Gasteiger partial charge in [-0.2, -0.15) is 0 Å². The zero-order valence-corrected chi connectivity index (χ0v) is 13.0. The molecule has 5 nitrogen and oxygen atoms in total. The fraction of sp³-hybridized carbons (Fsp3) is 0.471. The highest BCUT2D eigenvalue weighted by Crippen LogP contribution is 2.27. The Bertz CT molecular complexity index is 613. The Morgan fingerprint density at radius 2 is 2.27 bits per heavy atom. The van der Waals surface area contributed by atoms with Crippen molar-refractivity contribution in [2.45, 2.75) is 25.4 Å². The number of nitrogens with one attached hydrogen (secondary N) is 1. The maximum atomic E-state index is 12.4. The van der Waals surface area contributed by atoms with Gasteiger partial charge in [0.1, 0.15) is 11.3 Å². The summed E-state index contributed by atoms with van der Waals surface area (Å²) >= 11 is 0. The van der Waals surface area contributed by atoms with E-state index in [9.17, 15) is 4.79 Å². The molecule has 0 saturated carbocycles. The first-order chi connectivity index (χ1) is 10.6. The van der Waals surface area contributed by atoms with Crippen LogP contribution in [-0.2, 0) is 9.53 Å². The monoisotopic (exact) mass is 302 g/mol. The molecule has 1 N–H and O–H groups in total. The van der Waals surface area contributed by atoms with Crippen LogP contribution in [0, 0.1) is 0 Å². The van der Waals surface area contributed by atoms with E-state index in [0.29, 0.717) is 13.0 Å². The van der Waals surface area contributed by atoms with Crippen molar-refractivity contribution in [3.8, 4) is 0 Å². The molecule has 1 aromatic carbocycles. The van der Waals surface area contributed by atoms with Gasteiger partial charge in [-0.1, -0.05) is 18.2 Å². The van der Waals surface area contributed by atoms with E-state index in [2.05, 4.69) is 5.32 Å². The van der Waals surface area contributed by atoms with Crippen molar-refractivity contribution in [1.29, 1.82) is 0 Å². The van der Waals surface area contributed by atoms with Gasteiger partial charge in [-0.15, -0.1) is 0 Å². The Labute approximate surface area is 130 Å². The minimum atomic E-state index is -0.0931. The van der Waals surface area contributed by atoms with Crippen molar-refractivity contribution in [2.75, 3.05) is 26.8 Å². The lowest BCUT2D eigenvalue weighted by Crippen LogP contribution is -2.44. The van der Waals surface area contributed by atoms with Crippen molar-refractivity contribution in [3.63, 3.8) is 0 Å². The molecule has 0 aliphatic carbocycles. The smallest absolute Gasteiger partial charge is 0.224 e. The molecule has 2 atom stereocenters. The van der Waals surface area contributed by atoms with E-state index in [-0.39, 0.29) is 18.0 Å². The molecule has 0 bridgehead atoms. The zero-order valence-electron chi connectivity index (χ0n) is 13.0. The number of para-hydroxylation sites is 1. The Morgan fingerprint density at radius 1 is 1.45 bits per heavy atom. The summed E-state index contributed by atoms with van der Waals surface area (Å²) in [6.07, 6.45) is 0.446. The molecule has 2 unspecified atom stereocenters. The molecule has 1 aliphatic heterocycles. The Kier molecular flexibility index (Phi) is 4.45. The van der Waals surface area contributed by atoms with Crippen molar-refractivity contribution < 1.29 is 13.9 Å². The Balaban J connectivity index is 1.67. The first kappa shape index (κ1) is 15.1. The number of morpholine rings is 1. The van der Waals surface area contributed by atoms with E-state index in [1.54, 1.807) is 4.90 Å². The van der Waals surface area contributed by atoms with Crippen LogP contribution >= 0.6 is 0 Å². The molecule has 0 spiro atoms. The molecule has 1 amide bonds. The van der Waals surface area contributed by atoms with Crippen LogP contribution in [0.2, 0.25) is 0 Å². The summed E-state index contributed by atoms with van der Waals surface area (Å²) in [6, 6.07) is 9.90. The number of rotatable bonds is 4. The van der Waals surface area contributed by atoms with Crippen LogP contribution in [0.5, 0.6) is 0 Å². The molecule has 0 radical (unpaired) electrons. The fourth-order valence-electron chi connectivity index (χ4n) is 2.72. The van der Waals surface area contributed by atoms with E-state index in [0.717, 1.165) is 29.9 Å². The number of carbonyl (C=O) groups is 1. The van der Waals surface area contributed by atoms with Gasteiger partial charge in [0.2, 0.25) is 5.91 Å². The van der Waals surface area contributed by atoms with Gasteiger partial charge in [0.25, 0.3) is 0 Å². The third kappa shape index (κ3) is 3.15. The molecule has 1 saturated heterocycles. The first-order valence-electron chi connectivity index (χ1n) is 7.70. The van der Waals surface area contributed by atoms with Crippen LogP contribution in [0.15, 0.2) is 34.7 Å². The number of benzene rings is 1.